The van der Waals surface area contributed by atoms with E-state index in [9.17, 15) is 0 Å². The van der Waals surface area contributed by atoms with E-state index >= 15 is 0 Å². The molecule has 0 amide bonds. The summed E-state index contributed by atoms with van der Waals surface area (Å²) in [7, 11) is 0. The lowest BCUT2D eigenvalue weighted by Crippen LogP contribution is -1.99. The quantitative estimate of drug-likeness (QED) is 0.682. The van der Waals surface area contributed by atoms with Crippen LogP contribution in [-0.2, 0) is 6.61 Å². The van der Waals surface area contributed by atoms with E-state index in [1.807, 2.05) is 42.5 Å². The maximum Gasteiger partial charge on any atom is 0.258 e. The second kappa shape index (κ2) is 6.65. The van der Waals surface area contributed by atoms with Crippen LogP contribution in [0.5, 0.6) is 5.75 Å². The topological polar surface area (TPSA) is 48.2 Å². The summed E-state index contributed by atoms with van der Waals surface area (Å²) >= 11 is 0. The zero-order chi connectivity index (χ0) is 16.2. The summed E-state index contributed by atoms with van der Waals surface area (Å²) < 4.78 is 11.0. The number of ether oxygens (including phenoxy) is 1. The van der Waals surface area contributed by atoms with Crippen molar-refractivity contribution in [2.75, 3.05) is 0 Å². The van der Waals surface area contributed by atoms with Crippen LogP contribution in [0, 0.1) is 6.92 Å². The van der Waals surface area contributed by atoms with E-state index in [0.29, 0.717) is 17.6 Å². The maximum atomic E-state index is 5.77. The molecule has 4 heteroatoms. The highest BCUT2D eigenvalue weighted by Crippen LogP contribution is 2.24. The number of hydrogen-bond donors (Lipinski definition) is 0. The molecule has 0 N–H and O–H groups in total. The Hall–Kier alpha value is -2.62. The van der Waals surface area contributed by atoms with Gasteiger partial charge in [-0.25, -0.2) is 0 Å². The van der Waals surface area contributed by atoms with Crippen molar-refractivity contribution in [1.29, 1.82) is 0 Å². The monoisotopic (exact) mass is 308 g/mol. The summed E-state index contributed by atoms with van der Waals surface area (Å²) in [6.07, 6.45) is 0. The van der Waals surface area contributed by atoms with Gasteiger partial charge < -0.3 is 9.26 Å². The SMILES string of the molecule is Cc1cc(OCc2noc(-c3ccccc3)n2)ccc1C(C)C. The molecule has 2 aromatic carbocycles. The average molecular weight is 308 g/mol. The standard InChI is InChI=1S/C19H20N2O2/c1-13(2)17-10-9-16(11-14(17)3)22-12-18-20-19(23-21-18)15-7-5-4-6-8-15/h4-11,13H,12H2,1-3H3. The lowest BCUT2D eigenvalue weighted by molar-refractivity contribution is 0.287. The van der Waals surface area contributed by atoms with Crippen LogP contribution in [0.3, 0.4) is 0 Å². The number of aryl methyl sites for hydroxylation is 1. The summed E-state index contributed by atoms with van der Waals surface area (Å²) in [5, 5.41) is 3.96. The highest BCUT2D eigenvalue weighted by atomic mass is 16.5. The third-order valence-corrected chi connectivity index (χ3v) is 3.72. The second-order valence-corrected chi connectivity index (χ2v) is 5.84. The fourth-order valence-corrected chi connectivity index (χ4v) is 2.54. The Labute approximate surface area is 136 Å². The first-order valence-corrected chi connectivity index (χ1v) is 7.75. The Balaban J connectivity index is 1.67. The molecule has 0 unspecified atom stereocenters. The van der Waals surface area contributed by atoms with Crippen LogP contribution in [0.4, 0.5) is 0 Å². The van der Waals surface area contributed by atoms with Crippen molar-refractivity contribution < 1.29 is 9.26 Å². The van der Waals surface area contributed by atoms with Crippen LogP contribution < -0.4 is 4.74 Å². The fourth-order valence-electron chi connectivity index (χ4n) is 2.54. The molecule has 23 heavy (non-hydrogen) atoms. The minimum absolute atomic E-state index is 0.288. The molecule has 0 spiro atoms. The van der Waals surface area contributed by atoms with Crippen LogP contribution in [-0.4, -0.2) is 10.1 Å². The molecule has 118 valence electrons. The van der Waals surface area contributed by atoms with E-state index in [1.165, 1.54) is 11.1 Å². The molecular weight excluding hydrogens is 288 g/mol. The van der Waals surface area contributed by atoms with Gasteiger partial charge in [-0.1, -0.05) is 43.3 Å². The molecule has 3 aromatic rings. The molecule has 0 atom stereocenters. The molecule has 3 rings (SSSR count). The molecule has 0 aliphatic heterocycles. The van der Waals surface area contributed by atoms with Gasteiger partial charge in [-0.2, -0.15) is 4.98 Å². The van der Waals surface area contributed by atoms with Crippen molar-refractivity contribution >= 4 is 0 Å². The predicted molar refractivity (Wildman–Crippen MR) is 89.3 cm³/mol. The van der Waals surface area contributed by atoms with E-state index in [-0.39, 0.29) is 6.61 Å². The third-order valence-electron chi connectivity index (χ3n) is 3.72. The molecule has 0 saturated carbocycles. The van der Waals surface area contributed by atoms with Gasteiger partial charge in [-0.15, -0.1) is 0 Å². The van der Waals surface area contributed by atoms with E-state index in [0.717, 1.165) is 11.3 Å². The molecule has 0 saturated heterocycles. The maximum absolute atomic E-state index is 5.77. The van der Waals surface area contributed by atoms with Crippen molar-refractivity contribution in [3.05, 3.63) is 65.5 Å². The van der Waals surface area contributed by atoms with Crippen molar-refractivity contribution in [2.45, 2.75) is 33.3 Å². The number of benzene rings is 2. The van der Waals surface area contributed by atoms with Crippen LogP contribution in [0.15, 0.2) is 53.1 Å². The second-order valence-electron chi connectivity index (χ2n) is 5.84. The van der Waals surface area contributed by atoms with Crippen molar-refractivity contribution in [2.24, 2.45) is 0 Å². The number of rotatable bonds is 5. The van der Waals surface area contributed by atoms with Crippen molar-refractivity contribution in [3.63, 3.8) is 0 Å². The lowest BCUT2D eigenvalue weighted by atomic mass is 9.98. The third kappa shape index (κ3) is 3.59. The van der Waals surface area contributed by atoms with Crippen LogP contribution in [0.25, 0.3) is 11.5 Å². The first kappa shape index (κ1) is 15.3. The molecule has 0 radical (unpaired) electrons. The van der Waals surface area contributed by atoms with E-state index in [4.69, 9.17) is 9.26 Å². The van der Waals surface area contributed by atoms with Gasteiger partial charge >= 0.3 is 0 Å². The smallest absolute Gasteiger partial charge is 0.258 e. The zero-order valence-corrected chi connectivity index (χ0v) is 13.6. The minimum atomic E-state index is 0.288. The van der Waals surface area contributed by atoms with E-state index in [1.54, 1.807) is 0 Å². The van der Waals surface area contributed by atoms with E-state index in [2.05, 4.69) is 37.0 Å². The van der Waals surface area contributed by atoms with Crippen LogP contribution in [0.2, 0.25) is 0 Å². The highest BCUT2D eigenvalue weighted by Gasteiger charge is 2.10. The number of hydrogen-bond acceptors (Lipinski definition) is 4. The highest BCUT2D eigenvalue weighted by molar-refractivity contribution is 5.51. The van der Waals surface area contributed by atoms with Crippen molar-refractivity contribution in [1.82, 2.24) is 10.1 Å². The summed E-state index contributed by atoms with van der Waals surface area (Å²) in [6.45, 7) is 6.77. The van der Waals surface area contributed by atoms with Gasteiger partial charge in [0.25, 0.3) is 5.89 Å². The zero-order valence-electron chi connectivity index (χ0n) is 13.6. The summed E-state index contributed by atoms with van der Waals surface area (Å²) in [6, 6.07) is 15.9. The van der Waals surface area contributed by atoms with Gasteiger partial charge in [0.15, 0.2) is 6.61 Å². The van der Waals surface area contributed by atoms with Gasteiger partial charge in [-0.05, 0) is 48.2 Å². The molecule has 0 fully saturated rings. The van der Waals surface area contributed by atoms with Gasteiger partial charge in [-0.3, -0.25) is 0 Å². The molecule has 1 heterocycles. The van der Waals surface area contributed by atoms with Gasteiger partial charge in [0.05, 0.1) is 0 Å². The number of aromatic nitrogens is 2. The first-order chi connectivity index (χ1) is 11.1. The lowest BCUT2D eigenvalue weighted by Gasteiger charge is -2.11. The summed E-state index contributed by atoms with van der Waals surface area (Å²) in [5.74, 6) is 2.37. The Bertz CT molecular complexity index is 779. The molecule has 0 bridgehead atoms. The Morgan fingerprint density at radius 2 is 1.87 bits per heavy atom. The average Bonchev–Trinajstić information content (AvgIpc) is 3.02. The first-order valence-electron chi connectivity index (χ1n) is 7.75. The normalized spacial score (nSPS) is 11.0. The van der Waals surface area contributed by atoms with E-state index < -0.39 is 0 Å². The van der Waals surface area contributed by atoms with Crippen molar-refractivity contribution in [3.8, 4) is 17.2 Å². The molecule has 1 aromatic heterocycles. The Morgan fingerprint density at radius 1 is 1.09 bits per heavy atom. The van der Waals surface area contributed by atoms with Gasteiger partial charge in [0, 0.05) is 5.56 Å². The largest absolute Gasteiger partial charge is 0.485 e. The molecule has 4 nitrogen and oxygen atoms in total. The fraction of sp³-hybridized carbons (Fsp3) is 0.263. The van der Waals surface area contributed by atoms with Crippen LogP contribution >= 0.6 is 0 Å². The molecular formula is C19H20N2O2. The summed E-state index contributed by atoms with van der Waals surface area (Å²) in [5.41, 5.74) is 3.47. The van der Waals surface area contributed by atoms with Crippen LogP contribution in [0.1, 0.15) is 36.7 Å². The molecule has 0 aliphatic rings. The minimum Gasteiger partial charge on any atom is -0.485 e. The van der Waals surface area contributed by atoms with Gasteiger partial charge in [0.1, 0.15) is 5.75 Å². The Morgan fingerprint density at radius 3 is 2.57 bits per heavy atom. The predicted octanol–water partition coefficient (Wildman–Crippen LogP) is 4.75. The van der Waals surface area contributed by atoms with Gasteiger partial charge in [0.2, 0.25) is 5.82 Å². The summed E-state index contributed by atoms with van der Waals surface area (Å²) in [4.78, 5) is 4.36. The Kier molecular flexibility index (Phi) is 4.42. The number of nitrogens with zero attached hydrogens (tertiary/aromatic N) is 2. The molecule has 0 aliphatic carbocycles.